The molecule has 0 saturated carbocycles. The van der Waals surface area contributed by atoms with E-state index in [1.807, 2.05) is 0 Å². The molecule has 1 heterocycles. The Labute approximate surface area is 72.4 Å². The van der Waals surface area contributed by atoms with Crippen LogP contribution >= 0.6 is 0 Å². The zero-order valence-electron chi connectivity index (χ0n) is 6.60. The molecule has 0 bridgehead atoms. The Kier molecular flexibility index (Phi) is 3.32. The number of alkyl halides is 3. The number of furan rings is 1. The van der Waals surface area contributed by atoms with E-state index in [2.05, 4.69) is 10.3 Å². The van der Waals surface area contributed by atoms with Gasteiger partial charge in [-0.3, -0.25) is 4.84 Å². The van der Waals surface area contributed by atoms with E-state index in [1.165, 1.54) is 12.5 Å². The van der Waals surface area contributed by atoms with Crippen LogP contribution in [0.3, 0.4) is 0 Å². The molecule has 0 aromatic carbocycles. The van der Waals surface area contributed by atoms with Gasteiger partial charge in [0.25, 0.3) is 0 Å². The van der Waals surface area contributed by atoms with Gasteiger partial charge in [0, 0.05) is 12.1 Å². The number of hydrogen-bond acceptors (Lipinski definition) is 3. The maximum absolute atomic E-state index is 11.5. The third-order valence-corrected chi connectivity index (χ3v) is 1.19. The number of rotatable bonds is 4. The van der Waals surface area contributed by atoms with Crippen molar-refractivity contribution in [2.45, 2.75) is 12.7 Å². The highest BCUT2D eigenvalue weighted by Crippen LogP contribution is 2.13. The van der Waals surface area contributed by atoms with Crippen LogP contribution in [-0.4, -0.2) is 12.8 Å². The lowest BCUT2D eigenvalue weighted by Gasteiger charge is -2.06. The molecule has 0 amide bonds. The van der Waals surface area contributed by atoms with Gasteiger partial charge in [-0.2, -0.15) is 18.7 Å². The average molecular weight is 195 g/mol. The van der Waals surface area contributed by atoms with Crippen LogP contribution in [0.5, 0.6) is 0 Å². The van der Waals surface area contributed by atoms with Crippen LogP contribution in [0.15, 0.2) is 23.0 Å². The van der Waals surface area contributed by atoms with Crippen LogP contribution in [0, 0.1) is 0 Å². The zero-order valence-corrected chi connectivity index (χ0v) is 6.60. The fourth-order valence-electron chi connectivity index (χ4n) is 0.660. The van der Waals surface area contributed by atoms with E-state index >= 15 is 0 Å². The first-order valence-electron chi connectivity index (χ1n) is 3.50. The second kappa shape index (κ2) is 4.29. The molecule has 1 N–H and O–H groups in total. The van der Waals surface area contributed by atoms with Gasteiger partial charge in [0.2, 0.25) is 0 Å². The van der Waals surface area contributed by atoms with Crippen molar-refractivity contribution >= 4 is 0 Å². The summed E-state index contributed by atoms with van der Waals surface area (Å²) in [5.41, 5.74) is 2.89. The van der Waals surface area contributed by atoms with Gasteiger partial charge in [-0.15, -0.1) is 0 Å². The van der Waals surface area contributed by atoms with Gasteiger partial charge in [0.05, 0.1) is 12.5 Å². The molecule has 0 saturated heterocycles. The Bertz CT molecular complexity index is 232. The fourth-order valence-corrected chi connectivity index (χ4v) is 0.660. The SMILES string of the molecule is FC(F)(F)CONCc1ccoc1. The lowest BCUT2D eigenvalue weighted by molar-refractivity contribution is -0.190. The molecule has 0 atom stereocenters. The summed E-state index contributed by atoms with van der Waals surface area (Å²) < 4.78 is 39.3. The van der Waals surface area contributed by atoms with E-state index in [9.17, 15) is 13.2 Å². The van der Waals surface area contributed by atoms with Crippen LogP contribution in [0.1, 0.15) is 5.56 Å². The van der Waals surface area contributed by atoms with E-state index in [0.29, 0.717) is 0 Å². The van der Waals surface area contributed by atoms with Crippen molar-refractivity contribution in [3.05, 3.63) is 24.2 Å². The first kappa shape index (κ1) is 10.1. The summed E-state index contributed by atoms with van der Waals surface area (Å²) >= 11 is 0. The number of hydrogen-bond donors (Lipinski definition) is 1. The molecule has 0 aliphatic carbocycles. The van der Waals surface area contributed by atoms with Crippen LogP contribution in [0.4, 0.5) is 13.2 Å². The molecular weight excluding hydrogens is 187 g/mol. The van der Waals surface area contributed by atoms with Crippen LogP contribution in [-0.2, 0) is 11.4 Å². The molecule has 1 rings (SSSR count). The van der Waals surface area contributed by atoms with E-state index in [-0.39, 0.29) is 6.54 Å². The van der Waals surface area contributed by atoms with Crippen molar-refractivity contribution in [2.75, 3.05) is 6.61 Å². The molecule has 0 radical (unpaired) electrons. The molecule has 0 unspecified atom stereocenters. The van der Waals surface area contributed by atoms with Crippen LogP contribution in [0.2, 0.25) is 0 Å². The molecule has 0 spiro atoms. The fraction of sp³-hybridized carbons (Fsp3) is 0.429. The lowest BCUT2D eigenvalue weighted by Crippen LogP contribution is -2.24. The largest absolute Gasteiger partial charge is 0.472 e. The van der Waals surface area contributed by atoms with Gasteiger partial charge in [-0.1, -0.05) is 0 Å². The zero-order chi connectivity index (χ0) is 9.73. The Morgan fingerprint density at radius 3 is 2.77 bits per heavy atom. The second-order valence-electron chi connectivity index (χ2n) is 2.36. The Hall–Kier alpha value is -1.01. The smallest absolute Gasteiger partial charge is 0.413 e. The van der Waals surface area contributed by atoms with Gasteiger partial charge in [0.15, 0.2) is 6.61 Å². The summed E-state index contributed by atoms with van der Waals surface area (Å²) in [6.45, 7) is -1.11. The first-order valence-corrected chi connectivity index (χ1v) is 3.50. The highest BCUT2D eigenvalue weighted by atomic mass is 19.4. The Morgan fingerprint density at radius 2 is 2.23 bits per heavy atom. The highest BCUT2D eigenvalue weighted by molar-refractivity contribution is 5.03. The van der Waals surface area contributed by atoms with Crippen molar-refractivity contribution in [1.29, 1.82) is 0 Å². The third-order valence-electron chi connectivity index (χ3n) is 1.19. The quantitative estimate of drug-likeness (QED) is 0.588. The number of halogens is 3. The molecular formula is C7H8F3NO2. The average Bonchev–Trinajstić information content (AvgIpc) is 2.48. The summed E-state index contributed by atoms with van der Waals surface area (Å²) in [6.07, 6.45) is -1.45. The van der Waals surface area contributed by atoms with Gasteiger partial charge < -0.3 is 4.42 Å². The van der Waals surface area contributed by atoms with Gasteiger partial charge in [-0.05, 0) is 6.07 Å². The summed E-state index contributed by atoms with van der Waals surface area (Å²) in [7, 11) is 0. The topological polar surface area (TPSA) is 34.4 Å². The predicted molar refractivity (Wildman–Crippen MR) is 37.6 cm³/mol. The predicted octanol–water partition coefficient (Wildman–Crippen LogP) is 1.86. The van der Waals surface area contributed by atoms with E-state index < -0.39 is 12.8 Å². The Balaban J connectivity index is 2.09. The minimum Gasteiger partial charge on any atom is -0.472 e. The maximum atomic E-state index is 11.5. The normalized spacial score (nSPS) is 11.9. The summed E-state index contributed by atoms with van der Waals surface area (Å²) in [5, 5.41) is 0. The standard InChI is InChI=1S/C7H8F3NO2/c8-7(9,10)5-13-11-3-6-1-2-12-4-6/h1-2,4,11H,3,5H2. The molecule has 0 aliphatic heterocycles. The van der Waals surface area contributed by atoms with Crippen LogP contribution in [0.25, 0.3) is 0 Å². The lowest BCUT2D eigenvalue weighted by atomic mass is 10.3. The third kappa shape index (κ3) is 4.54. The van der Waals surface area contributed by atoms with Crippen molar-refractivity contribution < 1.29 is 22.4 Å². The minimum atomic E-state index is -4.30. The number of nitrogens with one attached hydrogen (secondary N) is 1. The van der Waals surface area contributed by atoms with Crippen molar-refractivity contribution in [3.63, 3.8) is 0 Å². The summed E-state index contributed by atoms with van der Waals surface area (Å²) in [5.74, 6) is 0. The van der Waals surface area contributed by atoms with Crippen molar-refractivity contribution in [3.8, 4) is 0 Å². The van der Waals surface area contributed by atoms with E-state index in [1.54, 1.807) is 6.07 Å². The number of hydroxylamine groups is 1. The summed E-state index contributed by atoms with van der Waals surface area (Å²) in [6, 6.07) is 1.63. The minimum absolute atomic E-state index is 0.187. The van der Waals surface area contributed by atoms with E-state index in [0.717, 1.165) is 5.56 Å². The second-order valence-corrected chi connectivity index (χ2v) is 2.36. The highest BCUT2D eigenvalue weighted by Gasteiger charge is 2.27. The molecule has 1 aromatic heterocycles. The Morgan fingerprint density at radius 1 is 1.46 bits per heavy atom. The molecule has 0 aliphatic rings. The van der Waals surface area contributed by atoms with Crippen molar-refractivity contribution in [1.82, 2.24) is 5.48 Å². The first-order chi connectivity index (χ1) is 6.08. The molecule has 13 heavy (non-hydrogen) atoms. The van der Waals surface area contributed by atoms with Gasteiger partial charge >= 0.3 is 6.18 Å². The van der Waals surface area contributed by atoms with Gasteiger partial charge in [0.1, 0.15) is 0 Å². The molecule has 6 heteroatoms. The van der Waals surface area contributed by atoms with Crippen molar-refractivity contribution in [2.24, 2.45) is 0 Å². The van der Waals surface area contributed by atoms with Crippen LogP contribution < -0.4 is 5.48 Å². The molecule has 74 valence electrons. The van der Waals surface area contributed by atoms with E-state index in [4.69, 9.17) is 4.42 Å². The van der Waals surface area contributed by atoms with Gasteiger partial charge in [-0.25, -0.2) is 0 Å². The maximum Gasteiger partial charge on any atom is 0.413 e. The molecule has 1 aromatic rings. The molecule has 3 nitrogen and oxygen atoms in total. The monoisotopic (exact) mass is 195 g/mol. The summed E-state index contributed by atoms with van der Waals surface area (Å²) in [4.78, 5) is 4.15. The molecule has 0 fully saturated rings.